The Morgan fingerprint density at radius 2 is 1.85 bits per heavy atom. The standard InChI is InChI=1S/C30H33ClFNO7S/c31-24-9-8-23(28(32)19-24)20-39-26-10-12-27(13-11-26)41(36,37)33-30(29(34)35)16-14-25(40-21-30)7-4-17-38-18-15-22-5-2-1-3-6-22/h1-3,5-6,8-13,19,25,33H,4,7,14-18,20-21H2,(H,34,35). The molecule has 1 aliphatic heterocycles. The van der Waals surface area contributed by atoms with Crippen molar-refractivity contribution in [2.24, 2.45) is 0 Å². The summed E-state index contributed by atoms with van der Waals surface area (Å²) < 4.78 is 59.5. The molecule has 0 saturated carbocycles. The van der Waals surface area contributed by atoms with E-state index in [0.717, 1.165) is 12.8 Å². The van der Waals surface area contributed by atoms with Crippen LogP contribution >= 0.6 is 11.6 Å². The van der Waals surface area contributed by atoms with Crippen LogP contribution in [-0.2, 0) is 37.3 Å². The van der Waals surface area contributed by atoms with Gasteiger partial charge in [-0.2, -0.15) is 4.72 Å². The molecule has 0 bridgehead atoms. The van der Waals surface area contributed by atoms with Gasteiger partial charge in [0.05, 0.1) is 24.2 Å². The first-order valence-electron chi connectivity index (χ1n) is 13.3. The van der Waals surface area contributed by atoms with Crippen LogP contribution in [0, 0.1) is 5.82 Å². The van der Waals surface area contributed by atoms with Crippen molar-refractivity contribution in [2.75, 3.05) is 19.8 Å². The third kappa shape index (κ3) is 8.73. The number of ether oxygens (including phenoxy) is 3. The zero-order chi connectivity index (χ0) is 29.3. The number of sulfonamides is 1. The molecule has 3 aromatic rings. The molecule has 2 unspecified atom stereocenters. The summed E-state index contributed by atoms with van der Waals surface area (Å²) in [6, 6.07) is 19.7. The van der Waals surface area contributed by atoms with Crippen LogP contribution in [0.3, 0.4) is 0 Å². The van der Waals surface area contributed by atoms with Gasteiger partial charge in [-0.15, -0.1) is 0 Å². The monoisotopic (exact) mass is 605 g/mol. The maximum absolute atomic E-state index is 14.0. The number of halogens is 2. The molecular weight excluding hydrogens is 573 g/mol. The highest BCUT2D eigenvalue weighted by Crippen LogP contribution is 2.28. The average Bonchev–Trinajstić information content (AvgIpc) is 2.96. The van der Waals surface area contributed by atoms with Gasteiger partial charge >= 0.3 is 5.97 Å². The van der Waals surface area contributed by atoms with Gasteiger partial charge in [0, 0.05) is 17.2 Å². The molecule has 1 heterocycles. The van der Waals surface area contributed by atoms with Crippen LogP contribution in [0.15, 0.2) is 77.7 Å². The lowest BCUT2D eigenvalue weighted by atomic mass is 9.90. The Labute approximate surface area is 244 Å². The van der Waals surface area contributed by atoms with E-state index >= 15 is 0 Å². The SMILES string of the molecule is O=C(O)C1(NS(=O)(=O)c2ccc(OCc3ccc(Cl)cc3F)cc2)CCC(CCCOCCc2ccccc2)OC1. The summed E-state index contributed by atoms with van der Waals surface area (Å²) in [6.45, 7) is 0.827. The van der Waals surface area contributed by atoms with Crippen LogP contribution in [0.4, 0.5) is 4.39 Å². The van der Waals surface area contributed by atoms with Gasteiger partial charge in [-0.3, -0.25) is 4.79 Å². The second kappa shape index (κ2) is 14.2. The number of benzene rings is 3. The third-order valence-electron chi connectivity index (χ3n) is 6.93. The fourth-order valence-corrected chi connectivity index (χ4v) is 6.06. The molecule has 0 spiro atoms. The summed E-state index contributed by atoms with van der Waals surface area (Å²) in [5.74, 6) is -1.49. The van der Waals surface area contributed by atoms with Crippen molar-refractivity contribution < 1.29 is 36.9 Å². The molecular formula is C30H33ClFNO7S. The van der Waals surface area contributed by atoms with E-state index in [0.29, 0.717) is 37.4 Å². The van der Waals surface area contributed by atoms with Crippen molar-refractivity contribution in [1.82, 2.24) is 4.72 Å². The van der Waals surface area contributed by atoms with E-state index in [1.807, 2.05) is 18.2 Å². The third-order valence-corrected chi connectivity index (χ3v) is 8.72. The minimum absolute atomic E-state index is 0.0756. The van der Waals surface area contributed by atoms with E-state index in [9.17, 15) is 22.7 Å². The van der Waals surface area contributed by atoms with Crippen molar-refractivity contribution >= 4 is 27.6 Å². The lowest BCUT2D eigenvalue weighted by molar-refractivity contribution is -0.152. The van der Waals surface area contributed by atoms with Gasteiger partial charge in [0.25, 0.3) is 0 Å². The van der Waals surface area contributed by atoms with Crippen LogP contribution in [0.5, 0.6) is 5.75 Å². The first kappa shape index (κ1) is 30.9. The topological polar surface area (TPSA) is 111 Å². The second-order valence-corrected chi connectivity index (χ2v) is 12.1. The molecule has 2 atom stereocenters. The molecule has 0 aliphatic carbocycles. The van der Waals surface area contributed by atoms with Crippen molar-refractivity contribution in [1.29, 1.82) is 0 Å². The lowest BCUT2D eigenvalue weighted by Crippen LogP contribution is -2.60. The highest BCUT2D eigenvalue weighted by Gasteiger charge is 2.46. The number of hydrogen-bond acceptors (Lipinski definition) is 6. The Morgan fingerprint density at radius 3 is 2.51 bits per heavy atom. The number of carboxylic acid groups (broad SMARTS) is 1. The van der Waals surface area contributed by atoms with Gasteiger partial charge < -0.3 is 19.3 Å². The number of carbonyl (C=O) groups is 1. The van der Waals surface area contributed by atoms with Crippen LogP contribution < -0.4 is 9.46 Å². The van der Waals surface area contributed by atoms with E-state index in [2.05, 4.69) is 16.9 Å². The maximum Gasteiger partial charge on any atom is 0.327 e. The molecule has 11 heteroatoms. The van der Waals surface area contributed by atoms with Gasteiger partial charge in [0.2, 0.25) is 10.0 Å². The quantitative estimate of drug-likeness (QED) is 0.237. The summed E-state index contributed by atoms with van der Waals surface area (Å²) in [4.78, 5) is 12.1. The number of hydrogen-bond donors (Lipinski definition) is 2. The van der Waals surface area contributed by atoms with Gasteiger partial charge in [0.15, 0.2) is 5.54 Å². The molecule has 3 aromatic carbocycles. The van der Waals surface area contributed by atoms with Crippen molar-refractivity contribution in [3.63, 3.8) is 0 Å². The molecule has 220 valence electrons. The van der Waals surface area contributed by atoms with Crippen LogP contribution in [0.1, 0.15) is 36.8 Å². The summed E-state index contributed by atoms with van der Waals surface area (Å²) in [5.41, 5.74) is -0.268. The van der Waals surface area contributed by atoms with Crippen molar-refractivity contribution in [2.45, 2.75) is 55.2 Å². The maximum atomic E-state index is 14.0. The predicted octanol–water partition coefficient (Wildman–Crippen LogP) is 5.38. The summed E-state index contributed by atoms with van der Waals surface area (Å²) in [5, 5.41) is 10.2. The average molecular weight is 606 g/mol. The molecule has 2 N–H and O–H groups in total. The summed E-state index contributed by atoms with van der Waals surface area (Å²) in [7, 11) is -4.19. The van der Waals surface area contributed by atoms with Crippen LogP contribution in [-0.4, -0.2) is 51.0 Å². The zero-order valence-corrected chi connectivity index (χ0v) is 24.0. The molecule has 1 fully saturated rings. The highest BCUT2D eigenvalue weighted by molar-refractivity contribution is 7.89. The molecule has 0 radical (unpaired) electrons. The van der Waals surface area contributed by atoms with Crippen molar-refractivity contribution in [3.8, 4) is 5.75 Å². The molecule has 0 aromatic heterocycles. The largest absolute Gasteiger partial charge is 0.489 e. The Bertz CT molecular complexity index is 1400. The van der Waals surface area contributed by atoms with E-state index in [1.54, 1.807) is 6.07 Å². The van der Waals surface area contributed by atoms with E-state index in [-0.39, 0.29) is 35.7 Å². The van der Waals surface area contributed by atoms with Gasteiger partial charge in [0.1, 0.15) is 18.2 Å². The first-order chi connectivity index (χ1) is 19.7. The normalized spacial score (nSPS) is 19.1. The van der Waals surface area contributed by atoms with Crippen LogP contribution in [0.2, 0.25) is 5.02 Å². The second-order valence-electron chi connectivity index (χ2n) is 9.95. The Kier molecular flexibility index (Phi) is 10.7. The summed E-state index contributed by atoms with van der Waals surface area (Å²) in [6.07, 6.45) is 2.59. The minimum Gasteiger partial charge on any atom is -0.489 e. The van der Waals surface area contributed by atoms with Gasteiger partial charge in [-0.05, 0) is 74.1 Å². The van der Waals surface area contributed by atoms with E-state index in [4.69, 9.17) is 25.8 Å². The zero-order valence-electron chi connectivity index (χ0n) is 22.4. The Balaban J connectivity index is 1.24. The molecule has 1 saturated heterocycles. The lowest BCUT2D eigenvalue weighted by Gasteiger charge is -2.37. The fraction of sp³-hybridized carbons (Fsp3) is 0.367. The number of rotatable bonds is 14. The highest BCUT2D eigenvalue weighted by atomic mass is 35.5. The molecule has 0 amide bonds. The molecule has 4 rings (SSSR count). The Morgan fingerprint density at radius 1 is 1.10 bits per heavy atom. The molecule has 41 heavy (non-hydrogen) atoms. The smallest absolute Gasteiger partial charge is 0.327 e. The summed E-state index contributed by atoms with van der Waals surface area (Å²) >= 11 is 5.76. The number of aliphatic carboxylic acids is 1. The Hall–Kier alpha value is -3.02. The predicted molar refractivity (Wildman–Crippen MR) is 152 cm³/mol. The number of carboxylic acids is 1. The number of nitrogens with one attached hydrogen (secondary N) is 1. The van der Waals surface area contributed by atoms with E-state index in [1.165, 1.54) is 42.0 Å². The fourth-order valence-electron chi connectivity index (χ4n) is 4.52. The first-order valence-corrected chi connectivity index (χ1v) is 15.2. The van der Waals surface area contributed by atoms with Gasteiger partial charge in [-0.1, -0.05) is 48.0 Å². The van der Waals surface area contributed by atoms with Crippen LogP contribution in [0.25, 0.3) is 0 Å². The minimum atomic E-state index is -4.19. The molecule has 8 nitrogen and oxygen atoms in total. The van der Waals surface area contributed by atoms with Gasteiger partial charge in [-0.25, -0.2) is 12.8 Å². The van der Waals surface area contributed by atoms with Crippen molar-refractivity contribution in [3.05, 3.63) is 94.8 Å². The van der Waals surface area contributed by atoms with E-state index < -0.39 is 27.3 Å². The molecule has 1 aliphatic rings.